The summed E-state index contributed by atoms with van der Waals surface area (Å²) in [5.41, 5.74) is 4.27. The van der Waals surface area contributed by atoms with E-state index in [0.29, 0.717) is 16.3 Å². The third-order valence-corrected chi connectivity index (χ3v) is 5.77. The molecule has 0 fully saturated rings. The monoisotopic (exact) mass is 463 g/mol. The fraction of sp³-hybridized carbons (Fsp3) is 0.154. The van der Waals surface area contributed by atoms with Crippen molar-refractivity contribution in [3.05, 3.63) is 110 Å². The normalized spacial score (nSPS) is 10.9. The molecule has 0 radical (unpaired) electrons. The molecule has 33 heavy (non-hydrogen) atoms. The summed E-state index contributed by atoms with van der Waals surface area (Å²) in [4.78, 5) is 30.5. The Kier molecular flexibility index (Phi) is 6.47. The number of fused-ring (bicyclic) bond motifs is 1. The van der Waals surface area contributed by atoms with Gasteiger partial charge in [0.25, 0.3) is 5.56 Å². The molecule has 0 unspecified atom stereocenters. The van der Waals surface area contributed by atoms with Gasteiger partial charge in [0.1, 0.15) is 5.82 Å². The van der Waals surface area contributed by atoms with E-state index in [1.807, 2.05) is 32.0 Å². The number of nitrogens with one attached hydrogen (secondary N) is 2. The van der Waals surface area contributed by atoms with Crippen molar-refractivity contribution in [1.29, 1.82) is 0 Å². The molecule has 5 nitrogen and oxygen atoms in total. The van der Waals surface area contributed by atoms with Crippen molar-refractivity contribution in [2.24, 2.45) is 0 Å². The molecule has 1 aromatic heterocycles. The van der Waals surface area contributed by atoms with E-state index in [0.717, 1.165) is 27.6 Å². The van der Waals surface area contributed by atoms with Crippen LogP contribution in [0.3, 0.4) is 0 Å². The molecule has 7 heteroatoms. The summed E-state index contributed by atoms with van der Waals surface area (Å²) in [5.74, 6) is -0.356. The highest BCUT2D eigenvalue weighted by Gasteiger charge is 2.18. The molecule has 0 saturated carbocycles. The Labute approximate surface area is 195 Å². The second-order valence-corrected chi connectivity index (χ2v) is 8.47. The smallest absolute Gasteiger partial charge is 0.321 e. The van der Waals surface area contributed by atoms with Crippen molar-refractivity contribution in [2.45, 2.75) is 26.9 Å². The number of halogens is 2. The highest BCUT2D eigenvalue weighted by Crippen LogP contribution is 2.21. The lowest BCUT2D eigenvalue weighted by atomic mass is 10.0. The minimum atomic E-state index is -0.401. The first-order valence-corrected chi connectivity index (χ1v) is 10.9. The number of amides is 2. The second-order valence-electron chi connectivity index (χ2n) is 8.03. The summed E-state index contributed by atoms with van der Waals surface area (Å²) in [7, 11) is 0. The van der Waals surface area contributed by atoms with E-state index < -0.39 is 6.03 Å². The van der Waals surface area contributed by atoms with Crippen LogP contribution in [-0.4, -0.2) is 15.9 Å². The van der Waals surface area contributed by atoms with Crippen LogP contribution < -0.4 is 10.9 Å². The molecular formula is C26H23ClFN3O2. The zero-order chi connectivity index (χ0) is 23.5. The van der Waals surface area contributed by atoms with E-state index in [2.05, 4.69) is 10.3 Å². The van der Waals surface area contributed by atoms with E-state index in [1.54, 1.807) is 36.4 Å². The number of H-pyrrole nitrogens is 1. The van der Waals surface area contributed by atoms with Crippen LogP contribution in [0.15, 0.2) is 71.5 Å². The lowest BCUT2D eigenvalue weighted by Crippen LogP contribution is -2.35. The van der Waals surface area contributed by atoms with Crippen molar-refractivity contribution in [3.8, 4) is 0 Å². The molecule has 0 saturated heterocycles. The highest BCUT2D eigenvalue weighted by atomic mass is 35.5. The maximum atomic E-state index is 13.4. The molecule has 2 N–H and O–H groups in total. The Morgan fingerprint density at radius 1 is 1.00 bits per heavy atom. The topological polar surface area (TPSA) is 65.2 Å². The van der Waals surface area contributed by atoms with E-state index >= 15 is 0 Å². The molecule has 4 aromatic rings. The van der Waals surface area contributed by atoms with Crippen LogP contribution in [0.5, 0.6) is 0 Å². The Hall–Kier alpha value is -3.64. The Morgan fingerprint density at radius 3 is 2.45 bits per heavy atom. The standard InChI is InChI=1S/C26H23ClFN3O2/c1-16-6-7-17(2)24-23(16)12-19(25(32)30-24)15-31(14-18-8-10-21(28)11-9-18)26(33)29-22-5-3-4-20(27)13-22/h3-13H,14-15H2,1-2H3,(H,29,33)(H,30,32). The molecule has 0 aliphatic heterocycles. The number of hydrogen-bond donors (Lipinski definition) is 2. The Morgan fingerprint density at radius 2 is 1.73 bits per heavy atom. The largest absolute Gasteiger partial charge is 0.322 e. The van der Waals surface area contributed by atoms with Gasteiger partial charge in [-0.05, 0) is 66.9 Å². The molecule has 4 rings (SSSR count). The van der Waals surface area contributed by atoms with Gasteiger partial charge in [0.2, 0.25) is 0 Å². The summed E-state index contributed by atoms with van der Waals surface area (Å²) < 4.78 is 13.4. The first-order valence-electron chi connectivity index (χ1n) is 10.5. The molecule has 0 spiro atoms. The van der Waals surface area contributed by atoms with Gasteiger partial charge in [-0.3, -0.25) is 4.79 Å². The highest BCUT2D eigenvalue weighted by molar-refractivity contribution is 6.30. The van der Waals surface area contributed by atoms with Crippen LogP contribution in [0.25, 0.3) is 10.9 Å². The number of carbonyl (C=O) groups is 1. The molecule has 0 aliphatic rings. The first-order chi connectivity index (χ1) is 15.8. The summed E-state index contributed by atoms with van der Waals surface area (Å²) in [6.07, 6.45) is 0. The molecular weight excluding hydrogens is 441 g/mol. The van der Waals surface area contributed by atoms with Crippen molar-refractivity contribution >= 4 is 34.2 Å². The van der Waals surface area contributed by atoms with Gasteiger partial charge in [0, 0.05) is 28.2 Å². The molecule has 2 amide bonds. The fourth-order valence-electron chi connectivity index (χ4n) is 3.72. The van der Waals surface area contributed by atoms with Crippen LogP contribution in [0.1, 0.15) is 22.3 Å². The maximum absolute atomic E-state index is 13.4. The number of anilines is 1. The van der Waals surface area contributed by atoms with Gasteiger partial charge in [-0.2, -0.15) is 0 Å². The van der Waals surface area contributed by atoms with Crippen molar-refractivity contribution in [1.82, 2.24) is 9.88 Å². The van der Waals surface area contributed by atoms with E-state index in [1.165, 1.54) is 17.0 Å². The average molecular weight is 464 g/mol. The summed E-state index contributed by atoms with van der Waals surface area (Å²) in [5, 5.41) is 4.26. The summed E-state index contributed by atoms with van der Waals surface area (Å²) in [6.45, 7) is 4.18. The number of rotatable bonds is 5. The van der Waals surface area contributed by atoms with Gasteiger partial charge in [-0.25, -0.2) is 9.18 Å². The van der Waals surface area contributed by atoms with Crippen LogP contribution in [0, 0.1) is 19.7 Å². The van der Waals surface area contributed by atoms with E-state index in [-0.39, 0.29) is 24.5 Å². The molecule has 0 atom stereocenters. The van der Waals surface area contributed by atoms with Crippen LogP contribution in [0.2, 0.25) is 5.02 Å². The number of aromatic amines is 1. The SMILES string of the molecule is Cc1ccc(C)c2[nH]c(=O)c(CN(Cc3ccc(F)cc3)C(=O)Nc3cccc(Cl)c3)cc12. The molecule has 1 heterocycles. The first kappa shape index (κ1) is 22.6. The van der Waals surface area contributed by atoms with Gasteiger partial charge >= 0.3 is 6.03 Å². The second kappa shape index (κ2) is 9.46. The summed E-state index contributed by atoms with van der Waals surface area (Å²) in [6, 6.07) is 18.2. The fourth-order valence-corrected chi connectivity index (χ4v) is 3.91. The predicted molar refractivity (Wildman–Crippen MR) is 130 cm³/mol. The number of pyridine rings is 1. The number of nitrogens with zero attached hydrogens (tertiary/aromatic N) is 1. The van der Waals surface area contributed by atoms with Gasteiger partial charge < -0.3 is 15.2 Å². The number of benzene rings is 3. The Bertz CT molecular complexity index is 1380. The molecule has 168 valence electrons. The van der Waals surface area contributed by atoms with E-state index in [9.17, 15) is 14.0 Å². The number of carbonyl (C=O) groups excluding carboxylic acids is 1. The molecule has 0 aliphatic carbocycles. The zero-order valence-corrected chi connectivity index (χ0v) is 19.0. The Balaban J connectivity index is 1.69. The average Bonchev–Trinajstić information content (AvgIpc) is 2.78. The summed E-state index contributed by atoms with van der Waals surface area (Å²) >= 11 is 6.04. The lowest BCUT2D eigenvalue weighted by Gasteiger charge is -2.23. The molecule has 3 aromatic carbocycles. The van der Waals surface area contributed by atoms with Crippen molar-refractivity contribution in [2.75, 3.05) is 5.32 Å². The third-order valence-electron chi connectivity index (χ3n) is 5.53. The van der Waals surface area contributed by atoms with Gasteiger partial charge in [-0.1, -0.05) is 41.9 Å². The number of aryl methyl sites for hydroxylation is 2. The number of hydrogen-bond acceptors (Lipinski definition) is 2. The van der Waals surface area contributed by atoms with E-state index in [4.69, 9.17) is 11.6 Å². The number of aromatic nitrogens is 1. The van der Waals surface area contributed by atoms with Crippen LogP contribution in [0.4, 0.5) is 14.9 Å². The van der Waals surface area contributed by atoms with Gasteiger partial charge in [0.05, 0.1) is 12.1 Å². The third kappa shape index (κ3) is 5.23. The van der Waals surface area contributed by atoms with Crippen LogP contribution >= 0.6 is 11.6 Å². The minimum Gasteiger partial charge on any atom is -0.321 e. The van der Waals surface area contributed by atoms with Crippen molar-refractivity contribution in [3.63, 3.8) is 0 Å². The van der Waals surface area contributed by atoms with Crippen molar-refractivity contribution < 1.29 is 9.18 Å². The molecule has 0 bridgehead atoms. The quantitative estimate of drug-likeness (QED) is 0.371. The number of urea groups is 1. The lowest BCUT2D eigenvalue weighted by molar-refractivity contribution is 0.206. The zero-order valence-electron chi connectivity index (χ0n) is 18.3. The maximum Gasteiger partial charge on any atom is 0.322 e. The minimum absolute atomic E-state index is 0.0719. The van der Waals surface area contributed by atoms with Gasteiger partial charge in [0.15, 0.2) is 0 Å². The van der Waals surface area contributed by atoms with Gasteiger partial charge in [-0.15, -0.1) is 0 Å². The predicted octanol–water partition coefficient (Wildman–Crippen LogP) is 6.17. The van der Waals surface area contributed by atoms with Crippen LogP contribution in [-0.2, 0) is 13.1 Å².